The van der Waals surface area contributed by atoms with Crippen molar-refractivity contribution in [3.05, 3.63) is 71.8 Å². The Balaban J connectivity index is 1.76. The number of hydrogen-bond donors (Lipinski definition) is 2. The summed E-state index contributed by atoms with van der Waals surface area (Å²) in [6, 6.07) is 21.4. The zero-order chi connectivity index (χ0) is 14.5. The molecular weight excluding hydrogens is 260 g/mol. The van der Waals surface area contributed by atoms with Gasteiger partial charge in [0.15, 0.2) is 0 Å². The van der Waals surface area contributed by atoms with Crippen LogP contribution in [0.5, 0.6) is 0 Å². The molecule has 1 amide bonds. The van der Waals surface area contributed by atoms with Gasteiger partial charge >= 0.3 is 0 Å². The largest absolute Gasteiger partial charge is 0.354 e. The van der Waals surface area contributed by atoms with Gasteiger partial charge in [-0.05, 0) is 17.5 Å². The van der Waals surface area contributed by atoms with Gasteiger partial charge in [-0.15, -0.1) is 0 Å². The minimum Gasteiger partial charge on any atom is -0.354 e. The summed E-state index contributed by atoms with van der Waals surface area (Å²) in [6.45, 7) is 0.719. The minimum absolute atomic E-state index is 0.138. The van der Waals surface area contributed by atoms with Crippen molar-refractivity contribution in [3.8, 4) is 0 Å². The van der Waals surface area contributed by atoms with E-state index >= 15 is 0 Å². The molecule has 3 rings (SSSR count). The van der Waals surface area contributed by atoms with Crippen LogP contribution in [-0.2, 0) is 11.2 Å². The molecule has 1 heterocycles. The van der Waals surface area contributed by atoms with Crippen molar-refractivity contribution >= 4 is 5.91 Å². The Bertz CT molecular complexity index is 583. The predicted molar refractivity (Wildman–Crippen MR) is 83.9 cm³/mol. The highest BCUT2D eigenvalue weighted by atomic mass is 16.1. The zero-order valence-corrected chi connectivity index (χ0v) is 12.0. The highest BCUT2D eigenvalue weighted by molar-refractivity contribution is 5.78. The van der Waals surface area contributed by atoms with Crippen LogP contribution >= 0.6 is 0 Å². The van der Waals surface area contributed by atoms with Crippen LogP contribution in [0.2, 0.25) is 0 Å². The van der Waals surface area contributed by atoms with E-state index < -0.39 is 0 Å². The highest BCUT2D eigenvalue weighted by Gasteiger charge is 2.24. The molecule has 3 heteroatoms. The average molecular weight is 280 g/mol. The molecule has 2 aromatic rings. The van der Waals surface area contributed by atoms with Gasteiger partial charge in [-0.1, -0.05) is 60.7 Å². The van der Waals surface area contributed by atoms with E-state index in [2.05, 4.69) is 59.2 Å². The molecule has 2 unspecified atom stereocenters. The van der Waals surface area contributed by atoms with Crippen LogP contribution in [-0.4, -0.2) is 18.5 Å². The third-order valence-electron chi connectivity index (χ3n) is 3.90. The topological polar surface area (TPSA) is 41.1 Å². The van der Waals surface area contributed by atoms with Crippen molar-refractivity contribution < 1.29 is 4.79 Å². The fourth-order valence-corrected chi connectivity index (χ4v) is 2.82. The van der Waals surface area contributed by atoms with Gasteiger partial charge in [0.05, 0.1) is 0 Å². The molecule has 2 N–H and O–H groups in total. The standard InChI is InChI=1S/C18H20N2O/c21-18-12-16(13-19-18)20-17(15-9-5-2-6-10-15)11-14-7-3-1-4-8-14/h1-10,16-17,20H,11-13H2,(H,19,21). The average Bonchev–Trinajstić information content (AvgIpc) is 2.94. The molecule has 0 spiro atoms. The van der Waals surface area contributed by atoms with E-state index in [0.29, 0.717) is 6.42 Å². The van der Waals surface area contributed by atoms with Gasteiger partial charge < -0.3 is 10.6 Å². The Labute approximate surface area is 125 Å². The SMILES string of the molecule is O=C1CC(NC(Cc2ccccc2)c2ccccc2)CN1. The van der Waals surface area contributed by atoms with Crippen LogP contribution in [0, 0.1) is 0 Å². The maximum Gasteiger partial charge on any atom is 0.221 e. The molecule has 2 aromatic carbocycles. The lowest BCUT2D eigenvalue weighted by molar-refractivity contribution is -0.119. The van der Waals surface area contributed by atoms with E-state index in [1.54, 1.807) is 0 Å². The first-order valence-electron chi connectivity index (χ1n) is 7.43. The van der Waals surface area contributed by atoms with E-state index in [4.69, 9.17) is 0 Å². The van der Waals surface area contributed by atoms with Crippen LogP contribution in [0.15, 0.2) is 60.7 Å². The maximum atomic E-state index is 11.4. The summed E-state index contributed by atoms with van der Waals surface area (Å²) >= 11 is 0. The number of carbonyl (C=O) groups is 1. The quantitative estimate of drug-likeness (QED) is 0.883. The maximum absolute atomic E-state index is 11.4. The molecule has 0 saturated carbocycles. The van der Waals surface area contributed by atoms with Gasteiger partial charge in [-0.2, -0.15) is 0 Å². The Kier molecular flexibility index (Phi) is 4.31. The van der Waals surface area contributed by atoms with Gasteiger partial charge in [-0.25, -0.2) is 0 Å². The molecular formula is C18H20N2O. The van der Waals surface area contributed by atoms with Gasteiger partial charge in [0.1, 0.15) is 0 Å². The minimum atomic E-state index is 0.138. The molecule has 0 radical (unpaired) electrons. The fraction of sp³-hybridized carbons (Fsp3) is 0.278. The van der Waals surface area contributed by atoms with E-state index in [9.17, 15) is 4.79 Å². The molecule has 21 heavy (non-hydrogen) atoms. The summed E-state index contributed by atoms with van der Waals surface area (Å²) in [6.07, 6.45) is 1.49. The number of hydrogen-bond acceptors (Lipinski definition) is 2. The van der Waals surface area contributed by atoms with Gasteiger partial charge in [-0.3, -0.25) is 4.79 Å². The van der Waals surface area contributed by atoms with E-state index in [0.717, 1.165) is 13.0 Å². The molecule has 3 nitrogen and oxygen atoms in total. The van der Waals surface area contributed by atoms with Crippen LogP contribution in [0.4, 0.5) is 0 Å². The second-order valence-corrected chi connectivity index (χ2v) is 5.52. The molecule has 2 atom stereocenters. The number of nitrogens with one attached hydrogen (secondary N) is 2. The van der Waals surface area contributed by atoms with Gasteiger partial charge in [0.2, 0.25) is 5.91 Å². The molecule has 0 bridgehead atoms. The lowest BCUT2D eigenvalue weighted by atomic mass is 9.98. The Morgan fingerprint density at radius 1 is 1.05 bits per heavy atom. The first kappa shape index (κ1) is 13.8. The highest BCUT2D eigenvalue weighted by Crippen LogP contribution is 2.20. The summed E-state index contributed by atoms with van der Waals surface area (Å²) in [7, 11) is 0. The normalized spacial score (nSPS) is 19.2. The lowest BCUT2D eigenvalue weighted by Gasteiger charge is -2.23. The van der Waals surface area contributed by atoms with Gasteiger partial charge in [0, 0.05) is 25.0 Å². The molecule has 1 aliphatic rings. The van der Waals surface area contributed by atoms with Crippen molar-refractivity contribution in [2.24, 2.45) is 0 Å². The number of carbonyl (C=O) groups excluding carboxylic acids is 1. The van der Waals surface area contributed by atoms with E-state index in [1.165, 1.54) is 11.1 Å². The second kappa shape index (κ2) is 6.55. The number of amides is 1. The third-order valence-corrected chi connectivity index (χ3v) is 3.90. The molecule has 0 aromatic heterocycles. The second-order valence-electron chi connectivity index (χ2n) is 5.52. The molecule has 1 aliphatic heterocycles. The Hall–Kier alpha value is -2.13. The molecule has 0 aliphatic carbocycles. The first-order chi connectivity index (χ1) is 10.3. The van der Waals surface area contributed by atoms with Crippen molar-refractivity contribution in [1.29, 1.82) is 0 Å². The van der Waals surface area contributed by atoms with Crippen LogP contribution in [0.1, 0.15) is 23.6 Å². The summed E-state index contributed by atoms with van der Waals surface area (Å²) in [4.78, 5) is 11.4. The van der Waals surface area contributed by atoms with Gasteiger partial charge in [0.25, 0.3) is 0 Å². The third kappa shape index (κ3) is 3.70. The number of rotatable bonds is 5. The van der Waals surface area contributed by atoms with Crippen molar-refractivity contribution in [2.45, 2.75) is 24.9 Å². The monoisotopic (exact) mass is 280 g/mol. The smallest absolute Gasteiger partial charge is 0.221 e. The summed E-state index contributed by atoms with van der Waals surface area (Å²) in [5.41, 5.74) is 2.57. The van der Waals surface area contributed by atoms with Crippen molar-refractivity contribution in [2.75, 3.05) is 6.54 Å². The zero-order valence-electron chi connectivity index (χ0n) is 12.0. The summed E-state index contributed by atoms with van der Waals surface area (Å²) in [5.74, 6) is 0.138. The van der Waals surface area contributed by atoms with Crippen LogP contribution < -0.4 is 10.6 Å². The van der Waals surface area contributed by atoms with Crippen molar-refractivity contribution in [3.63, 3.8) is 0 Å². The van der Waals surface area contributed by atoms with Crippen LogP contribution in [0.25, 0.3) is 0 Å². The Morgan fingerprint density at radius 3 is 2.33 bits per heavy atom. The van der Waals surface area contributed by atoms with Crippen LogP contribution in [0.3, 0.4) is 0 Å². The molecule has 1 saturated heterocycles. The fourth-order valence-electron chi connectivity index (χ4n) is 2.82. The lowest BCUT2D eigenvalue weighted by Crippen LogP contribution is -2.35. The predicted octanol–water partition coefficient (Wildman–Crippen LogP) is 2.45. The molecule has 108 valence electrons. The summed E-state index contributed by atoms with van der Waals surface area (Å²) in [5, 5.41) is 6.52. The van der Waals surface area contributed by atoms with E-state index in [-0.39, 0.29) is 18.0 Å². The summed E-state index contributed by atoms with van der Waals surface area (Å²) < 4.78 is 0. The first-order valence-corrected chi connectivity index (χ1v) is 7.43. The van der Waals surface area contributed by atoms with Crippen molar-refractivity contribution in [1.82, 2.24) is 10.6 Å². The Morgan fingerprint density at radius 2 is 1.71 bits per heavy atom. The molecule has 1 fully saturated rings. The number of benzene rings is 2. The van der Waals surface area contributed by atoms with E-state index in [1.807, 2.05) is 12.1 Å².